The fraction of sp³-hybridized carbons (Fsp3) is 1.00. The third-order valence-electron chi connectivity index (χ3n) is 6.26. The average molecular weight is 208 g/mol. The Bertz CT molecular complexity index is 238. The zero-order valence-electron chi connectivity index (χ0n) is 11.4. The highest BCUT2D eigenvalue weighted by molar-refractivity contribution is 5.01. The lowest BCUT2D eigenvalue weighted by atomic mass is 9.59. The van der Waals surface area contributed by atoms with Crippen molar-refractivity contribution in [2.24, 2.45) is 40.9 Å². The van der Waals surface area contributed by atoms with Gasteiger partial charge in [-0.05, 0) is 53.8 Å². The van der Waals surface area contributed by atoms with E-state index in [0.29, 0.717) is 5.41 Å². The first-order chi connectivity index (χ1) is 6.85. The monoisotopic (exact) mass is 208 g/mol. The maximum absolute atomic E-state index is 2.52. The van der Waals surface area contributed by atoms with Gasteiger partial charge in [0.1, 0.15) is 0 Å². The van der Waals surface area contributed by atoms with E-state index in [1.807, 2.05) is 0 Å². The van der Waals surface area contributed by atoms with Crippen molar-refractivity contribution in [1.82, 2.24) is 0 Å². The number of rotatable bonds is 0. The van der Waals surface area contributed by atoms with Gasteiger partial charge in [0.2, 0.25) is 0 Å². The van der Waals surface area contributed by atoms with Crippen LogP contribution in [-0.2, 0) is 0 Å². The Morgan fingerprint density at radius 1 is 0.867 bits per heavy atom. The van der Waals surface area contributed by atoms with Crippen LogP contribution in [0.3, 0.4) is 0 Å². The molecule has 2 fully saturated rings. The topological polar surface area (TPSA) is 0 Å². The summed E-state index contributed by atoms with van der Waals surface area (Å²) in [5.41, 5.74) is 0.582. The van der Waals surface area contributed by atoms with Gasteiger partial charge in [0.05, 0.1) is 0 Å². The van der Waals surface area contributed by atoms with Gasteiger partial charge in [-0.2, -0.15) is 0 Å². The van der Waals surface area contributed by atoms with Crippen LogP contribution in [0, 0.1) is 40.9 Å². The summed E-state index contributed by atoms with van der Waals surface area (Å²) >= 11 is 0. The Morgan fingerprint density at radius 3 is 2.07 bits per heavy atom. The summed E-state index contributed by atoms with van der Waals surface area (Å²) in [5, 5.41) is 0. The SMILES string of the molecule is CC1CC2CC(C)C(C)(C)C2C(C)C1C. The molecule has 0 nitrogen and oxygen atoms in total. The van der Waals surface area contributed by atoms with Crippen molar-refractivity contribution in [3.63, 3.8) is 0 Å². The Balaban J connectivity index is 2.27. The van der Waals surface area contributed by atoms with Crippen molar-refractivity contribution in [2.75, 3.05) is 0 Å². The lowest BCUT2D eigenvalue weighted by molar-refractivity contribution is 0.0227. The van der Waals surface area contributed by atoms with E-state index in [2.05, 4.69) is 41.5 Å². The third kappa shape index (κ3) is 1.56. The second kappa shape index (κ2) is 3.50. The molecule has 0 saturated heterocycles. The minimum absolute atomic E-state index is 0.582. The average Bonchev–Trinajstić information content (AvgIpc) is 2.34. The second-order valence-electron chi connectivity index (χ2n) is 7.18. The largest absolute Gasteiger partial charge is 0.0622 e. The lowest BCUT2D eigenvalue weighted by Gasteiger charge is -2.46. The number of fused-ring (bicyclic) bond motifs is 1. The summed E-state index contributed by atoms with van der Waals surface area (Å²) in [4.78, 5) is 0. The van der Waals surface area contributed by atoms with E-state index in [-0.39, 0.29) is 0 Å². The fourth-order valence-electron chi connectivity index (χ4n) is 4.73. The van der Waals surface area contributed by atoms with Gasteiger partial charge in [0.15, 0.2) is 0 Å². The normalized spacial score (nSPS) is 54.0. The molecule has 15 heavy (non-hydrogen) atoms. The Morgan fingerprint density at radius 2 is 1.47 bits per heavy atom. The second-order valence-corrected chi connectivity index (χ2v) is 7.18. The predicted molar refractivity (Wildman–Crippen MR) is 66.7 cm³/mol. The van der Waals surface area contributed by atoms with Crippen LogP contribution in [-0.4, -0.2) is 0 Å². The summed E-state index contributed by atoms with van der Waals surface area (Å²) in [6.07, 6.45) is 2.98. The van der Waals surface area contributed by atoms with Crippen LogP contribution in [0.1, 0.15) is 54.4 Å². The van der Waals surface area contributed by atoms with E-state index >= 15 is 0 Å². The Labute approximate surface area is 95.8 Å². The molecule has 0 amide bonds. The molecule has 2 saturated carbocycles. The minimum Gasteiger partial charge on any atom is -0.0622 e. The van der Waals surface area contributed by atoms with Crippen molar-refractivity contribution in [1.29, 1.82) is 0 Å². The highest BCUT2D eigenvalue weighted by Gasteiger charge is 2.52. The molecule has 88 valence electrons. The number of hydrogen-bond donors (Lipinski definition) is 0. The Hall–Kier alpha value is 0. The molecular formula is C15H28. The molecule has 0 radical (unpaired) electrons. The Kier molecular flexibility index (Phi) is 2.68. The maximum Gasteiger partial charge on any atom is -0.0295 e. The molecule has 0 spiro atoms. The van der Waals surface area contributed by atoms with E-state index in [4.69, 9.17) is 0 Å². The zero-order valence-corrected chi connectivity index (χ0v) is 11.4. The van der Waals surface area contributed by atoms with Crippen LogP contribution in [0.15, 0.2) is 0 Å². The van der Waals surface area contributed by atoms with Crippen molar-refractivity contribution in [3.8, 4) is 0 Å². The van der Waals surface area contributed by atoms with E-state index < -0.39 is 0 Å². The van der Waals surface area contributed by atoms with Crippen LogP contribution in [0.2, 0.25) is 0 Å². The molecular weight excluding hydrogens is 180 g/mol. The minimum atomic E-state index is 0.582. The standard InChI is InChI=1S/C15H28/c1-9-7-13-8-10(2)15(5,6)14(13)12(4)11(9)3/h9-14H,7-8H2,1-6H3. The van der Waals surface area contributed by atoms with Gasteiger partial charge in [-0.15, -0.1) is 0 Å². The van der Waals surface area contributed by atoms with Gasteiger partial charge in [0.25, 0.3) is 0 Å². The van der Waals surface area contributed by atoms with E-state index in [0.717, 1.165) is 35.5 Å². The fourth-order valence-corrected chi connectivity index (χ4v) is 4.73. The molecule has 0 aliphatic heterocycles. The summed E-state index contributed by atoms with van der Waals surface area (Å²) in [7, 11) is 0. The highest BCUT2D eigenvalue weighted by Crippen LogP contribution is 2.60. The summed E-state index contributed by atoms with van der Waals surface area (Å²) in [6.45, 7) is 15.0. The van der Waals surface area contributed by atoms with Gasteiger partial charge in [-0.3, -0.25) is 0 Å². The molecule has 6 unspecified atom stereocenters. The summed E-state index contributed by atoms with van der Waals surface area (Å²) in [6, 6.07) is 0. The molecule has 2 rings (SSSR count). The zero-order chi connectivity index (χ0) is 11.4. The molecule has 0 bridgehead atoms. The molecule has 0 heteroatoms. The lowest BCUT2D eigenvalue weighted by Crippen LogP contribution is -2.40. The predicted octanol–water partition coefficient (Wildman–Crippen LogP) is 4.60. The summed E-state index contributed by atoms with van der Waals surface area (Å²) in [5.74, 6) is 5.74. The van der Waals surface area contributed by atoms with E-state index in [9.17, 15) is 0 Å². The first-order valence-electron chi connectivity index (χ1n) is 6.85. The third-order valence-corrected chi connectivity index (χ3v) is 6.26. The maximum atomic E-state index is 2.52. The molecule has 0 heterocycles. The smallest absolute Gasteiger partial charge is 0.0295 e. The van der Waals surface area contributed by atoms with Crippen LogP contribution in [0.5, 0.6) is 0 Å². The van der Waals surface area contributed by atoms with Gasteiger partial charge in [-0.1, -0.05) is 41.5 Å². The molecule has 2 aliphatic rings. The molecule has 6 atom stereocenters. The van der Waals surface area contributed by atoms with E-state index in [1.54, 1.807) is 0 Å². The van der Waals surface area contributed by atoms with Gasteiger partial charge in [-0.25, -0.2) is 0 Å². The number of hydrogen-bond acceptors (Lipinski definition) is 0. The molecule has 0 aromatic carbocycles. The summed E-state index contributed by atoms with van der Waals surface area (Å²) < 4.78 is 0. The van der Waals surface area contributed by atoms with Gasteiger partial charge < -0.3 is 0 Å². The van der Waals surface area contributed by atoms with Crippen LogP contribution < -0.4 is 0 Å². The first-order valence-corrected chi connectivity index (χ1v) is 6.85. The van der Waals surface area contributed by atoms with Gasteiger partial charge in [0, 0.05) is 0 Å². The van der Waals surface area contributed by atoms with Crippen LogP contribution in [0.25, 0.3) is 0 Å². The van der Waals surface area contributed by atoms with Crippen molar-refractivity contribution >= 4 is 0 Å². The van der Waals surface area contributed by atoms with Gasteiger partial charge >= 0.3 is 0 Å². The molecule has 0 aromatic rings. The molecule has 0 N–H and O–H groups in total. The van der Waals surface area contributed by atoms with Crippen molar-refractivity contribution in [2.45, 2.75) is 54.4 Å². The quantitative estimate of drug-likeness (QED) is 0.546. The van der Waals surface area contributed by atoms with Crippen molar-refractivity contribution < 1.29 is 0 Å². The molecule has 0 aromatic heterocycles. The van der Waals surface area contributed by atoms with Crippen LogP contribution in [0.4, 0.5) is 0 Å². The van der Waals surface area contributed by atoms with Crippen LogP contribution >= 0.6 is 0 Å². The van der Waals surface area contributed by atoms with E-state index in [1.165, 1.54) is 12.8 Å². The molecule has 2 aliphatic carbocycles. The highest BCUT2D eigenvalue weighted by atomic mass is 14.6. The van der Waals surface area contributed by atoms with Crippen molar-refractivity contribution in [3.05, 3.63) is 0 Å². The first kappa shape index (κ1) is 11.5.